The number of nitrogens with two attached hydrogens (primary N) is 1. The lowest BCUT2D eigenvalue weighted by molar-refractivity contribution is -0.153. The lowest BCUT2D eigenvalue weighted by Gasteiger charge is -2.19. The largest absolute Gasteiger partial charge is 0.403 e. The molecule has 0 fully saturated rings. The van der Waals surface area contributed by atoms with Gasteiger partial charge in [-0.05, 0) is 17.7 Å². The minimum absolute atomic E-state index is 0. The Labute approximate surface area is 106 Å². The summed E-state index contributed by atoms with van der Waals surface area (Å²) in [5.74, 6) is -2.37. The molecular weight excluding hydrogens is 281 g/mol. The maximum absolute atomic E-state index is 12.8. The van der Waals surface area contributed by atoms with E-state index in [2.05, 4.69) is 0 Å². The highest BCUT2D eigenvalue weighted by Crippen LogP contribution is 2.27. The summed E-state index contributed by atoms with van der Waals surface area (Å²) in [6.45, 7) is 0. The Kier molecular flexibility index (Phi) is 5.98. The van der Waals surface area contributed by atoms with Gasteiger partial charge in [0.05, 0.1) is 6.10 Å². The topological polar surface area (TPSA) is 46.2 Å². The maximum atomic E-state index is 12.8. The lowest BCUT2D eigenvalue weighted by atomic mass is 10.0. The molecule has 0 amide bonds. The van der Waals surface area contributed by atoms with E-state index in [1.165, 1.54) is 0 Å². The number of alkyl halides is 3. The van der Waals surface area contributed by atoms with Crippen molar-refractivity contribution in [1.29, 1.82) is 0 Å². The van der Waals surface area contributed by atoms with Crippen molar-refractivity contribution in [2.45, 2.75) is 24.7 Å². The number of hydrogen-bond acceptors (Lipinski definition) is 2. The molecule has 0 saturated heterocycles. The molecule has 1 aromatic carbocycles. The average Bonchev–Trinajstić information content (AvgIpc) is 2.20. The van der Waals surface area contributed by atoms with Crippen molar-refractivity contribution in [2.75, 3.05) is 0 Å². The predicted octanol–water partition coefficient (Wildman–Crippen LogP) is 2.70. The molecule has 18 heavy (non-hydrogen) atoms. The van der Waals surface area contributed by atoms with Crippen LogP contribution in [0.15, 0.2) is 18.2 Å². The molecule has 0 radical (unpaired) electrons. The molecule has 2 atom stereocenters. The van der Waals surface area contributed by atoms with Crippen LogP contribution in [0.2, 0.25) is 0 Å². The highest BCUT2D eigenvalue weighted by atomic mass is 35.5. The van der Waals surface area contributed by atoms with Gasteiger partial charge in [-0.3, -0.25) is 0 Å². The first-order valence-electron chi connectivity index (χ1n) is 4.67. The normalized spacial score (nSPS) is 14.8. The van der Waals surface area contributed by atoms with Crippen LogP contribution in [0.4, 0.5) is 22.0 Å². The molecule has 1 aromatic rings. The van der Waals surface area contributed by atoms with E-state index in [1.54, 1.807) is 0 Å². The highest BCUT2D eigenvalue weighted by molar-refractivity contribution is 5.85. The Balaban J connectivity index is 0.00000289. The van der Waals surface area contributed by atoms with Crippen molar-refractivity contribution in [1.82, 2.24) is 0 Å². The zero-order chi connectivity index (χ0) is 13.2. The summed E-state index contributed by atoms with van der Waals surface area (Å²) in [4.78, 5) is 0. The molecule has 2 nitrogen and oxygen atoms in total. The van der Waals surface area contributed by atoms with Crippen LogP contribution in [-0.2, 0) is 0 Å². The average molecular weight is 292 g/mol. The van der Waals surface area contributed by atoms with E-state index in [0.29, 0.717) is 6.07 Å². The Hall–Kier alpha value is -0.920. The number of rotatable bonds is 3. The molecule has 0 unspecified atom stereocenters. The first-order valence-corrected chi connectivity index (χ1v) is 4.67. The van der Waals surface area contributed by atoms with Crippen LogP contribution < -0.4 is 5.73 Å². The quantitative estimate of drug-likeness (QED) is 0.841. The van der Waals surface area contributed by atoms with Gasteiger partial charge in [-0.15, -0.1) is 12.4 Å². The van der Waals surface area contributed by atoms with Crippen molar-refractivity contribution in [3.8, 4) is 0 Å². The second-order valence-electron chi connectivity index (χ2n) is 3.57. The molecule has 0 aromatic heterocycles. The van der Waals surface area contributed by atoms with Gasteiger partial charge in [-0.1, -0.05) is 6.07 Å². The fourth-order valence-electron chi connectivity index (χ4n) is 1.23. The minimum Gasteiger partial charge on any atom is -0.388 e. The van der Waals surface area contributed by atoms with Crippen molar-refractivity contribution < 1.29 is 27.1 Å². The summed E-state index contributed by atoms with van der Waals surface area (Å²) in [5, 5.41) is 9.40. The fraction of sp³-hybridized carbons (Fsp3) is 0.400. The Bertz CT molecular complexity index is 398. The third-order valence-corrected chi connectivity index (χ3v) is 2.23. The van der Waals surface area contributed by atoms with E-state index in [9.17, 15) is 27.1 Å². The summed E-state index contributed by atoms with van der Waals surface area (Å²) < 4.78 is 61.6. The molecule has 0 heterocycles. The van der Waals surface area contributed by atoms with Gasteiger partial charge < -0.3 is 10.8 Å². The zero-order valence-corrected chi connectivity index (χ0v) is 9.73. The van der Waals surface area contributed by atoms with E-state index < -0.39 is 36.4 Å². The molecule has 3 N–H and O–H groups in total. The zero-order valence-electron chi connectivity index (χ0n) is 8.92. The van der Waals surface area contributed by atoms with Gasteiger partial charge in [0.1, 0.15) is 6.04 Å². The van der Waals surface area contributed by atoms with E-state index in [1.807, 2.05) is 0 Å². The Morgan fingerprint density at radius 1 is 1.17 bits per heavy atom. The van der Waals surface area contributed by atoms with Crippen LogP contribution in [0.1, 0.15) is 18.1 Å². The Morgan fingerprint density at radius 3 is 2.17 bits per heavy atom. The van der Waals surface area contributed by atoms with E-state index in [0.717, 1.165) is 12.1 Å². The van der Waals surface area contributed by atoms with Crippen molar-refractivity contribution in [2.24, 2.45) is 5.73 Å². The van der Waals surface area contributed by atoms with Crippen LogP contribution in [0.25, 0.3) is 0 Å². The summed E-state index contributed by atoms with van der Waals surface area (Å²) in [6, 6.07) is 0.160. The summed E-state index contributed by atoms with van der Waals surface area (Å²) in [6.07, 6.45) is -7.05. The van der Waals surface area contributed by atoms with Crippen LogP contribution in [0, 0.1) is 11.6 Å². The van der Waals surface area contributed by atoms with Crippen molar-refractivity contribution >= 4 is 12.4 Å². The van der Waals surface area contributed by atoms with Gasteiger partial charge in [0.25, 0.3) is 0 Å². The second kappa shape index (κ2) is 6.31. The second-order valence-corrected chi connectivity index (χ2v) is 3.57. The number of benzene rings is 1. The minimum atomic E-state index is -4.64. The van der Waals surface area contributed by atoms with E-state index in [4.69, 9.17) is 5.73 Å². The molecular formula is C10H11ClF5NO. The molecule has 0 aliphatic heterocycles. The number of aliphatic hydroxyl groups is 1. The molecule has 0 aliphatic carbocycles. The molecule has 8 heteroatoms. The summed E-state index contributed by atoms with van der Waals surface area (Å²) in [5.41, 5.74) is 4.65. The predicted molar refractivity (Wildman–Crippen MR) is 57.2 cm³/mol. The third-order valence-electron chi connectivity index (χ3n) is 2.23. The third kappa shape index (κ3) is 4.40. The van der Waals surface area contributed by atoms with Gasteiger partial charge in [0.15, 0.2) is 11.6 Å². The smallest absolute Gasteiger partial charge is 0.388 e. The van der Waals surface area contributed by atoms with Crippen LogP contribution in [0.5, 0.6) is 0 Å². The van der Waals surface area contributed by atoms with Gasteiger partial charge >= 0.3 is 6.18 Å². The molecule has 0 aliphatic rings. The highest BCUT2D eigenvalue weighted by Gasteiger charge is 2.38. The van der Waals surface area contributed by atoms with Crippen LogP contribution in [-0.4, -0.2) is 17.3 Å². The van der Waals surface area contributed by atoms with Gasteiger partial charge in [0, 0.05) is 6.42 Å². The standard InChI is InChI=1S/C10H10F5NO.ClH/c11-6-2-1-5(3-7(6)12)8(17)4-9(16)10(13,14)15;/h1-3,8-9,17H,4,16H2;1H/t8-,9-;/m0./s1. The van der Waals surface area contributed by atoms with Gasteiger partial charge in [-0.25, -0.2) is 8.78 Å². The Morgan fingerprint density at radius 2 is 1.72 bits per heavy atom. The first-order chi connectivity index (χ1) is 7.71. The van der Waals surface area contributed by atoms with Gasteiger partial charge in [0.2, 0.25) is 0 Å². The number of hydrogen-bond donors (Lipinski definition) is 2. The summed E-state index contributed by atoms with van der Waals surface area (Å²) >= 11 is 0. The van der Waals surface area contributed by atoms with Crippen molar-refractivity contribution in [3.05, 3.63) is 35.4 Å². The van der Waals surface area contributed by atoms with Crippen LogP contribution in [0.3, 0.4) is 0 Å². The molecule has 0 bridgehead atoms. The maximum Gasteiger partial charge on any atom is 0.403 e. The van der Waals surface area contributed by atoms with Gasteiger partial charge in [-0.2, -0.15) is 13.2 Å². The SMILES string of the molecule is Cl.N[C@@H](C[C@H](O)c1ccc(F)c(F)c1)C(F)(F)F. The first kappa shape index (κ1) is 17.1. The van der Waals surface area contributed by atoms with Crippen molar-refractivity contribution in [3.63, 3.8) is 0 Å². The van der Waals surface area contributed by atoms with Crippen LogP contribution >= 0.6 is 12.4 Å². The molecule has 1 rings (SSSR count). The molecule has 104 valence electrons. The fourth-order valence-corrected chi connectivity index (χ4v) is 1.23. The number of aliphatic hydroxyl groups excluding tert-OH is 1. The lowest BCUT2D eigenvalue weighted by Crippen LogP contribution is -2.38. The number of halogens is 6. The van der Waals surface area contributed by atoms with E-state index in [-0.39, 0.29) is 18.0 Å². The van der Waals surface area contributed by atoms with E-state index >= 15 is 0 Å². The summed E-state index contributed by atoms with van der Waals surface area (Å²) in [7, 11) is 0. The molecule has 0 spiro atoms. The molecule has 0 saturated carbocycles. The monoisotopic (exact) mass is 291 g/mol.